The number of hydrogen-bond donors (Lipinski definition) is 2. The van der Waals surface area contributed by atoms with Gasteiger partial charge in [-0.15, -0.1) is 0 Å². The minimum Gasteiger partial charge on any atom is -0.391 e. The van der Waals surface area contributed by atoms with Crippen molar-refractivity contribution in [2.75, 3.05) is 6.54 Å². The zero-order valence-electron chi connectivity index (χ0n) is 11.7. The van der Waals surface area contributed by atoms with Gasteiger partial charge in [-0.05, 0) is 30.5 Å². The van der Waals surface area contributed by atoms with Gasteiger partial charge < -0.3 is 10.4 Å². The summed E-state index contributed by atoms with van der Waals surface area (Å²) < 4.78 is 0. The molecule has 1 atom stereocenters. The van der Waals surface area contributed by atoms with Gasteiger partial charge >= 0.3 is 0 Å². The van der Waals surface area contributed by atoms with Gasteiger partial charge in [0.15, 0.2) is 0 Å². The summed E-state index contributed by atoms with van der Waals surface area (Å²) in [6, 6.07) is 5.24. The van der Waals surface area contributed by atoms with E-state index in [1.54, 1.807) is 18.2 Å². The van der Waals surface area contributed by atoms with Gasteiger partial charge in [-0.1, -0.05) is 44.4 Å². The Bertz CT molecular complexity index is 430. The van der Waals surface area contributed by atoms with Crippen molar-refractivity contribution in [3.8, 4) is 0 Å². The zero-order chi connectivity index (χ0) is 14.4. The molecular formula is C15H22ClNO2. The maximum atomic E-state index is 12.0. The van der Waals surface area contributed by atoms with Crippen molar-refractivity contribution in [1.29, 1.82) is 0 Å². The quantitative estimate of drug-likeness (QED) is 0.842. The molecule has 0 spiro atoms. The van der Waals surface area contributed by atoms with Crippen LogP contribution in [0.3, 0.4) is 0 Å². The summed E-state index contributed by atoms with van der Waals surface area (Å²) in [5, 5.41) is 13.3. The fourth-order valence-corrected chi connectivity index (χ4v) is 2.32. The van der Waals surface area contributed by atoms with E-state index in [1.165, 1.54) is 0 Å². The number of aliphatic hydroxyl groups is 1. The van der Waals surface area contributed by atoms with Gasteiger partial charge in [-0.2, -0.15) is 0 Å². The van der Waals surface area contributed by atoms with E-state index >= 15 is 0 Å². The molecule has 0 radical (unpaired) electrons. The van der Waals surface area contributed by atoms with Crippen LogP contribution in [0, 0.1) is 12.8 Å². The number of halogens is 1. The number of amides is 1. The largest absolute Gasteiger partial charge is 0.391 e. The number of aliphatic hydroxyl groups excluding tert-OH is 1. The zero-order valence-corrected chi connectivity index (χ0v) is 12.5. The second-order valence-electron chi connectivity index (χ2n) is 4.77. The Labute approximate surface area is 120 Å². The lowest BCUT2D eigenvalue weighted by Crippen LogP contribution is -2.36. The SMILES string of the molecule is CCC(CC)C(O)CNC(=O)c1cccc(Cl)c1C. The lowest BCUT2D eigenvalue weighted by atomic mass is 9.96. The summed E-state index contributed by atoms with van der Waals surface area (Å²) in [7, 11) is 0. The molecule has 106 valence electrons. The molecule has 1 aromatic rings. The summed E-state index contributed by atoms with van der Waals surface area (Å²) in [4.78, 5) is 12.0. The van der Waals surface area contributed by atoms with Crippen molar-refractivity contribution in [2.45, 2.75) is 39.7 Å². The van der Waals surface area contributed by atoms with Crippen molar-refractivity contribution in [1.82, 2.24) is 5.32 Å². The molecule has 1 rings (SSSR count). The fourth-order valence-electron chi connectivity index (χ4n) is 2.15. The maximum absolute atomic E-state index is 12.0. The van der Waals surface area contributed by atoms with Gasteiger partial charge in [0.25, 0.3) is 5.91 Å². The van der Waals surface area contributed by atoms with Crippen LogP contribution in [-0.4, -0.2) is 23.7 Å². The molecule has 19 heavy (non-hydrogen) atoms. The molecule has 0 aliphatic rings. The van der Waals surface area contributed by atoms with Crippen LogP contribution >= 0.6 is 11.6 Å². The van der Waals surface area contributed by atoms with E-state index in [0.717, 1.165) is 18.4 Å². The Morgan fingerprint density at radius 3 is 2.58 bits per heavy atom. The Hall–Kier alpha value is -1.06. The fraction of sp³-hybridized carbons (Fsp3) is 0.533. The molecule has 1 amide bonds. The van der Waals surface area contributed by atoms with E-state index in [0.29, 0.717) is 10.6 Å². The summed E-state index contributed by atoms with van der Waals surface area (Å²) in [5.41, 5.74) is 1.32. The lowest BCUT2D eigenvalue weighted by molar-refractivity contribution is 0.0816. The van der Waals surface area contributed by atoms with Crippen molar-refractivity contribution >= 4 is 17.5 Å². The smallest absolute Gasteiger partial charge is 0.251 e. The molecule has 0 heterocycles. The lowest BCUT2D eigenvalue weighted by Gasteiger charge is -2.20. The van der Waals surface area contributed by atoms with Crippen LogP contribution < -0.4 is 5.32 Å². The second kappa shape index (κ2) is 7.51. The van der Waals surface area contributed by atoms with Gasteiger partial charge in [0.05, 0.1) is 6.10 Å². The molecule has 4 heteroatoms. The van der Waals surface area contributed by atoms with E-state index in [4.69, 9.17) is 11.6 Å². The minimum atomic E-state index is -0.501. The minimum absolute atomic E-state index is 0.190. The van der Waals surface area contributed by atoms with Gasteiger partial charge in [-0.3, -0.25) is 4.79 Å². The molecule has 0 aromatic heterocycles. The van der Waals surface area contributed by atoms with Crippen molar-refractivity contribution in [3.05, 3.63) is 34.3 Å². The molecular weight excluding hydrogens is 262 g/mol. The Morgan fingerprint density at radius 2 is 2.00 bits per heavy atom. The van der Waals surface area contributed by atoms with Crippen molar-refractivity contribution in [2.24, 2.45) is 5.92 Å². The highest BCUT2D eigenvalue weighted by Gasteiger charge is 2.17. The van der Waals surface area contributed by atoms with Gasteiger partial charge in [0.2, 0.25) is 0 Å². The number of benzene rings is 1. The van der Waals surface area contributed by atoms with Crippen LogP contribution in [0.15, 0.2) is 18.2 Å². The molecule has 0 fully saturated rings. The summed E-state index contributed by atoms with van der Waals surface area (Å²) >= 11 is 5.99. The van der Waals surface area contributed by atoms with Crippen LogP contribution in [0.4, 0.5) is 0 Å². The highest BCUT2D eigenvalue weighted by Crippen LogP contribution is 2.18. The van der Waals surface area contributed by atoms with E-state index in [9.17, 15) is 9.90 Å². The number of carbonyl (C=O) groups is 1. The van der Waals surface area contributed by atoms with Crippen LogP contribution in [0.5, 0.6) is 0 Å². The predicted octanol–water partition coefficient (Wildman–Crippen LogP) is 3.18. The van der Waals surface area contributed by atoms with Crippen LogP contribution in [0.2, 0.25) is 5.02 Å². The van der Waals surface area contributed by atoms with Gasteiger partial charge in [0, 0.05) is 17.1 Å². The number of nitrogens with one attached hydrogen (secondary N) is 1. The first-order valence-corrected chi connectivity index (χ1v) is 7.10. The first-order valence-electron chi connectivity index (χ1n) is 6.72. The van der Waals surface area contributed by atoms with Crippen LogP contribution in [0.1, 0.15) is 42.6 Å². The average Bonchev–Trinajstić information content (AvgIpc) is 2.40. The highest BCUT2D eigenvalue weighted by atomic mass is 35.5. The Balaban J connectivity index is 2.63. The number of hydrogen-bond acceptors (Lipinski definition) is 2. The molecule has 3 nitrogen and oxygen atoms in total. The average molecular weight is 284 g/mol. The molecule has 0 aliphatic heterocycles. The van der Waals surface area contributed by atoms with E-state index < -0.39 is 6.10 Å². The topological polar surface area (TPSA) is 49.3 Å². The molecule has 0 saturated heterocycles. The van der Waals surface area contributed by atoms with Crippen molar-refractivity contribution in [3.63, 3.8) is 0 Å². The van der Waals surface area contributed by atoms with Crippen LogP contribution in [0.25, 0.3) is 0 Å². The third-order valence-electron chi connectivity index (χ3n) is 3.58. The first kappa shape index (κ1) is 16.0. The Morgan fingerprint density at radius 1 is 1.37 bits per heavy atom. The highest BCUT2D eigenvalue weighted by molar-refractivity contribution is 6.31. The summed E-state index contributed by atoms with van der Waals surface area (Å²) in [6.45, 7) is 6.17. The van der Waals surface area contributed by atoms with Crippen LogP contribution in [-0.2, 0) is 0 Å². The molecule has 2 N–H and O–H groups in total. The monoisotopic (exact) mass is 283 g/mol. The van der Waals surface area contributed by atoms with E-state index in [1.807, 2.05) is 20.8 Å². The summed E-state index contributed by atoms with van der Waals surface area (Å²) in [6.07, 6.45) is 1.31. The summed E-state index contributed by atoms with van der Waals surface area (Å²) in [5.74, 6) is 0.0331. The Kier molecular flexibility index (Phi) is 6.32. The third kappa shape index (κ3) is 4.22. The molecule has 0 bridgehead atoms. The number of rotatable bonds is 6. The van der Waals surface area contributed by atoms with E-state index in [-0.39, 0.29) is 18.4 Å². The second-order valence-corrected chi connectivity index (χ2v) is 5.17. The van der Waals surface area contributed by atoms with Crippen molar-refractivity contribution < 1.29 is 9.90 Å². The van der Waals surface area contributed by atoms with Gasteiger partial charge in [0.1, 0.15) is 0 Å². The maximum Gasteiger partial charge on any atom is 0.251 e. The third-order valence-corrected chi connectivity index (χ3v) is 3.99. The molecule has 0 saturated carbocycles. The molecule has 1 unspecified atom stereocenters. The molecule has 1 aromatic carbocycles. The molecule has 0 aliphatic carbocycles. The normalized spacial score (nSPS) is 12.5. The predicted molar refractivity (Wildman–Crippen MR) is 78.6 cm³/mol. The first-order chi connectivity index (χ1) is 9.01. The standard InChI is InChI=1S/C15H22ClNO2/c1-4-11(5-2)14(18)9-17-15(19)12-7-6-8-13(16)10(12)3/h6-8,11,14,18H,4-5,9H2,1-3H3,(H,17,19). The van der Waals surface area contributed by atoms with Gasteiger partial charge in [-0.25, -0.2) is 0 Å². The van der Waals surface area contributed by atoms with E-state index in [2.05, 4.69) is 5.32 Å². The number of carbonyl (C=O) groups excluding carboxylic acids is 1.